The molecule has 128 valence electrons. The predicted molar refractivity (Wildman–Crippen MR) is 90.6 cm³/mol. The van der Waals surface area contributed by atoms with Crippen molar-refractivity contribution in [2.24, 2.45) is 5.92 Å². The van der Waals surface area contributed by atoms with Crippen LogP contribution in [0.1, 0.15) is 13.8 Å². The van der Waals surface area contributed by atoms with Crippen LogP contribution in [0.3, 0.4) is 0 Å². The van der Waals surface area contributed by atoms with Gasteiger partial charge in [0, 0.05) is 6.07 Å². The number of thiophene rings is 1. The third kappa shape index (κ3) is 4.29. The molecule has 0 bridgehead atoms. The number of carbonyl (C=O) groups is 2. The van der Waals surface area contributed by atoms with Gasteiger partial charge in [-0.3, -0.25) is 9.59 Å². The lowest BCUT2D eigenvalue weighted by Gasteiger charge is -2.19. The van der Waals surface area contributed by atoms with Crippen LogP contribution < -0.4 is 10.9 Å². The average Bonchev–Trinajstić information content (AvgIpc) is 3.08. The Kier molecular flexibility index (Phi) is 5.86. The summed E-state index contributed by atoms with van der Waals surface area (Å²) in [5.41, 5.74) is 0.232. The maximum Gasteiger partial charge on any atom is 0.328 e. The second-order valence-electron chi connectivity index (χ2n) is 5.50. The minimum absolute atomic E-state index is 0.136. The van der Waals surface area contributed by atoms with E-state index in [1.807, 2.05) is 17.5 Å². The van der Waals surface area contributed by atoms with Crippen LogP contribution in [-0.2, 0) is 20.9 Å². The van der Waals surface area contributed by atoms with Crippen LogP contribution in [0.5, 0.6) is 0 Å². The van der Waals surface area contributed by atoms with Crippen molar-refractivity contribution in [2.75, 3.05) is 7.11 Å². The second kappa shape index (κ2) is 7.87. The van der Waals surface area contributed by atoms with Crippen LogP contribution in [0.25, 0.3) is 10.6 Å². The smallest absolute Gasteiger partial charge is 0.328 e. The number of hydrogen-bond donors (Lipinski definition) is 1. The van der Waals surface area contributed by atoms with Gasteiger partial charge >= 0.3 is 5.97 Å². The van der Waals surface area contributed by atoms with Crippen molar-refractivity contribution in [1.29, 1.82) is 0 Å². The fourth-order valence-electron chi connectivity index (χ4n) is 2.10. The van der Waals surface area contributed by atoms with Crippen molar-refractivity contribution in [1.82, 2.24) is 15.1 Å². The van der Waals surface area contributed by atoms with Crippen molar-refractivity contribution >= 4 is 23.2 Å². The largest absolute Gasteiger partial charge is 0.467 e. The van der Waals surface area contributed by atoms with E-state index in [9.17, 15) is 14.4 Å². The molecule has 2 aromatic heterocycles. The number of hydrogen-bond acceptors (Lipinski definition) is 6. The molecule has 0 aliphatic rings. The highest BCUT2D eigenvalue weighted by Crippen LogP contribution is 2.20. The van der Waals surface area contributed by atoms with Crippen LogP contribution in [-0.4, -0.2) is 34.8 Å². The Morgan fingerprint density at radius 1 is 1.33 bits per heavy atom. The Labute approximate surface area is 143 Å². The maximum atomic E-state index is 12.2. The van der Waals surface area contributed by atoms with Gasteiger partial charge < -0.3 is 10.1 Å². The molecule has 0 aliphatic heterocycles. The summed E-state index contributed by atoms with van der Waals surface area (Å²) in [6.45, 7) is 3.33. The third-order valence-electron chi connectivity index (χ3n) is 3.37. The van der Waals surface area contributed by atoms with Crippen LogP contribution in [0.15, 0.2) is 34.4 Å². The Hall–Kier alpha value is -2.48. The van der Waals surface area contributed by atoms with Crippen molar-refractivity contribution < 1.29 is 14.3 Å². The van der Waals surface area contributed by atoms with Crippen molar-refractivity contribution in [2.45, 2.75) is 26.4 Å². The van der Waals surface area contributed by atoms with Crippen LogP contribution in [0, 0.1) is 5.92 Å². The van der Waals surface area contributed by atoms with E-state index in [0.29, 0.717) is 5.69 Å². The summed E-state index contributed by atoms with van der Waals surface area (Å²) < 4.78 is 5.76. The molecule has 0 radical (unpaired) electrons. The predicted octanol–water partition coefficient (Wildman–Crippen LogP) is 1.29. The average molecular weight is 349 g/mol. The summed E-state index contributed by atoms with van der Waals surface area (Å²) in [7, 11) is 1.26. The molecule has 1 N–H and O–H groups in total. The lowest BCUT2D eigenvalue weighted by atomic mass is 10.0. The molecule has 2 heterocycles. The number of aromatic nitrogens is 2. The first-order chi connectivity index (χ1) is 11.4. The van der Waals surface area contributed by atoms with E-state index in [2.05, 4.69) is 15.2 Å². The third-order valence-corrected chi connectivity index (χ3v) is 4.26. The van der Waals surface area contributed by atoms with Gasteiger partial charge in [-0.2, -0.15) is 5.10 Å². The van der Waals surface area contributed by atoms with Gasteiger partial charge in [-0.25, -0.2) is 9.48 Å². The van der Waals surface area contributed by atoms with Crippen molar-refractivity contribution in [3.8, 4) is 10.6 Å². The normalized spacial score (nSPS) is 12.0. The van der Waals surface area contributed by atoms with Crippen LogP contribution >= 0.6 is 11.3 Å². The molecule has 2 aromatic rings. The zero-order valence-electron chi connectivity index (χ0n) is 13.7. The number of methoxy groups -OCH3 is 1. The van der Waals surface area contributed by atoms with Crippen molar-refractivity contribution in [3.63, 3.8) is 0 Å². The number of amides is 1. The second-order valence-corrected chi connectivity index (χ2v) is 6.45. The van der Waals surface area contributed by atoms with Gasteiger partial charge in [0.25, 0.3) is 5.56 Å². The first-order valence-electron chi connectivity index (χ1n) is 7.41. The Morgan fingerprint density at radius 2 is 2.08 bits per heavy atom. The number of esters is 1. The molecule has 1 atom stereocenters. The lowest BCUT2D eigenvalue weighted by Crippen LogP contribution is -2.47. The highest BCUT2D eigenvalue weighted by Gasteiger charge is 2.25. The van der Waals surface area contributed by atoms with Crippen LogP contribution in [0.4, 0.5) is 0 Å². The molecule has 0 aromatic carbocycles. The maximum absolute atomic E-state index is 12.2. The minimum atomic E-state index is -0.765. The quantitative estimate of drug-likeness (QED) is 0.794. The number of carbonyl (C=O) groups excluding carboxylic acids is 2. The summed E-state index contributed by atoms with van der Waals surface area (Å²) in [6, 6.07) is 5.99. The zero-order valence-corrected chi connectivity index (χ0v) is 14.5. The topological polar surface area (TPSA) is 90.3 Å². The summed E-state index contributed by atoms with van der Waals surface area (Å²) in [6.07, 6.45) is 0. The van der Waals surface area contributed by atoms with Gasteiger partial charge in [-0.05, 0) is 23.4 Å². The number of nitrogens with zero attached hydrogens (tertiary/aromatic N) is 2. The zero-order chi connectivity index (χ0) is 17.7. The molecule has 0 aliphatic carbocycles. The molecule has 24 heavy (non-hydrogen) atoms. The minimum Gasteiger partial charge on any atom is -0.467 e. The van der Waals surface area contributed by atoms with E-state index >= 15 is 0 Å². The molecule has 0 saturated heterocycles. The highest BCUT2D eigenvalue weighted by atomic mass is 32.1. The standard InChI is InChI=1S/C16H19N3O4S/c1-10(2)15(16(22)23-3)17-13(20)9-19-14(21)7-6-11(18-19)12-5-4-8-24-12/h4-8,10,15H,9H2,1-3H3,(H,17,20)/t15-/m0/s1. The molecular formula is C16H19N3O4S. The monoisotopic (exact) mass is 349 g/mol. The fourth-order valence-corrected chi connectivity index (χ4v) is 2.79. The molecule has 8 heteroatoms. The molecule has 1 amide bonds. The van der Waals surface area contributed by atoms with E-state index in [0.717, 1.165) is 9.56 Å². The first kappa shape index (κ1) is 17.9. The molecule has 0 spiro atoms. The van der Waals surface area contributed by atoms with Crippen molar-refractivity contribution in [3.05, 3.63) is 40.0 Å². The van der Waals surface area contributed by atoms with E-state index < -0.39 is 17.9 Å². The van der Waals surface area contributed by atoms with Crippen LogP contribution in [0.2, 0.25) is 0 Å². The van der Waals surface area contributed by atoms with E-state index in [1.165, 1.54) is 24.5 Å². The Bertz CT molecular complexity index is 768. The van der Waals surface area contributed by atoms with Gasteiger partial charge in [0.1, 0.15) is 18.3 Å². The Morgan fingerprint density at radius 3 is 2.67 bits per heavy atom. The molecule has 0 saturated carbocycles. The number of rotatable bonds is 6. The van der Waals surface area contributed by atoms with E-state index in [-0.39, 0.29) is 18.0 Å². The molecular weight excluding hydrogens is 330 g/mol. The lowest BCUT2D eigenvalue weighted by molar-refractivity contribution is -0.146. The SMILES string of the molecule is COC(=O)[C@@H](NC(=O)Cn1nc(-c2cccs2)ccc1=O)C(C)C. The van der Waals surface area contributed by atoms with Gasteiger partial charge in [-0.15, -0.1) is 11.3 Å². The number of nitrogens with one attached hydrogen (secondary N) is 1. The molecule has 2 rings (SSSR count). The summed E-state index contributed by atoms with van der Waals surface area (Å²) in [4.78, 5) is 36.7. The van der Waals surface area contributed by atoms with Gasteiger partial charge in [0.15, 0.2) is 0 Å². The van der Waals surface area contributed by atoms with Gasteiger partial charge in [0.2, 0.25) is 5.91 Å². The van der Waals surface area contributed by atoms with E-state index in [1.54, 1.807) is 19.9 Å². The highest BCUT2D eigenvalue weighted by molar-refractivity contribution is 7.13. The molecule has 0 fully saturated rings. The van der Waals surface area contributed by atoms with Gasteiger partial charge in [0.05, 0.1) is 12.0 Å². The number of ether oxygens (including phenoxy) is 1. The van der Waals surface area contributed by atoms with Gasteiger partial charge in [-0.1, -0.05) is 19.9 Å². The fraction of sp³-hybridized carbons (Fsp3) is 0.375. The summed E-state index contributed by atoms with van der Waals surface area (Å²) in [5, 5.41) is 8.70. The van der Waals surface area contributed by atoms with E-state index in [4.69, 9.17) is 0 Å². The first-order valence-corrected chi connectivity index (χ1v) is 8.29. The molecule has 0 unspecified atom stereocenters. The summed E-state index contributed by atoms with van der Waals surface area (Å²) >= 11 is 1.49. The summed E-state index contributed by atoms with van der Waals surface area (Å²) in [5.74, 6) is -1.13. The Balaban J connectivity index is 2.15. The molecule has 7 nitrogen and oxygen atoms in total.